The molecular weight excluding hydrogens is 348 g/mol. The third-order valence-electron chi connectivity index (χ3n) is 8.39. The molecule has 4 rings (SSSR count). The largest absolute Gasteiger partial charge is 0.388 e. The Bertz CT molecular complexity index is 628. The van der Waals surface area contributed by atoms with E-state index in [0.717, 1.165) is 75.9 Å². The lowest BCUT2D eigenvalue weighted by Gasteiger charge is -2.61. The van der Waals surface area contributed by atoms with Crippen molar-refractivity contribution in [1.29, 1.82) is 0 Å². The van der Waals surface area contributed by atoms with Crippen LogP contribution in [0.15, 0.2) is 11.6 Å². The summed E-state index contributed by atoms with van der Waals surface area (Å²) in [6.45, 7) is 9.88. The number of rotatable bonds is 6. The van der Waals surface area contributed by atoms with Gasteiger partial charge in [0.2, 0.25) is 5.91 Å². The van der Waals surface area contributed by atoms with E-state index < -0.39 is 5.60 Å². The molecule has 2 saturated heterocycles. The number of allylic oxidation sites excluding steroid dienone is 1. The SMILES string of the molecule is CCC/C=C1\CCN(C2CCC3(O)[C@@H](CC)N(CC4CC4)CCC3(C)C2)C1=O. The first-order valence-corrected chi connectivity index (χ1v) is 11.9. The van der Waals surface area contributed by atoms with E-state index in [1.54, 1.807) is 0 Å². The van der Waals surface area contributed by atoms with Gasteiger partial charge in [0.25, 0.3) is 0 Å². The van der Waals surface area contributed by atoms with Crippen LogP contribution >= 0.6 is 0 Å². The minimum Gasteiger partial charge on any atom is -0.388 e. The fraction of sp³-hybridized carbons (Fsp3) is 0.875. The number of hydrogen-bond acceptors (Lipinski definition) is 3. The standard InChI is InChI=1S/C24H40N2O2/c1-4-6-7-19-11-14-26(22(19)27)20-10-12-24(28)21(5-2)25(17-18-8-9-18)15-13-23(24,3)16-20/h7,18,20-21,28H,4-6,8-17H2,1-3H3/b19-7+/t20?,21-,23?,24?/m1/s1. The van der Waals surface area contributed by atoms with Gasteiger partial charge in [-0.2, -0.15) is 0 Å². The zero-order valence-electron chi connectivity index (χ0n) is 18.3. The lowest BCUT2D eigenvalue weighted by atomic mass is 9.55. The van der Waals surface area contributed by atoms with Gasteiger partial charge < -0.3 is 10.0 Å². The molecule has 2 aliphatic carbocycles. The van der Waals surface area contributed by atoms with Crippen molar-refractivity contribution in [3.63, 3.8) is 0 Å². The van der Waals surface area contributed by atoms with Crippen molar-refractivity contribution in [1.82, 2.24) is 9.80 Å². The van der Waals surface area contributed by atoms with Crippen molar-refractivity contribution in [3.05, 3.63) is 11.6 Å². The highest BCUT2D eigenvalue weighted by Gasteiger charge is 2.59. The molecule has 0 radical (unpaired) electrons. The van der Waals surface area contributed by atoms with Gasteiger partial charge in [0.05, 0.1) is 5.60 Å². The lowest BCUT2D eigenvalue weighted by molar-refractivity contribution is -0.199. The predicted molar refractivity (Wildman–Crippen MR) is 113 cm³/mol. The maximum absolute atomic E-state index is 12.9. The maximum atomic E-state index is 12.9. The Hall–Kier alpha value is -0.870. The fourth-order valence-electron chi connectivity index (χ4n) is 6.43. The molecule has 1 N–H and O–H groups in total. The molecule has 4 aliphatic rings. The molecule has 0 bridgehead atoms. The van der Waals surface area contributed by atoms with Crippen LogP contribution in [0, 0.1) is 11.3 Å². The average Bonchev–Trinajstić information content (AvgIpc) is 3.42. The Kier molecular flexibility index (Phi) is 5.65. The molecule has 0 aromatic heterocycles. The first-order chi connectivity index (χ1) is 13.4. The summed E-state index contributed by atoms with van der Waals surface area (Å²) in [6, 6.07) is 0.583. The number of carbonyl (C=O) groups is 1. The molecular formula is C24H40N2O2. The van der Waals surface area contributed by atoms with E-state index in [0.29, 0.717) is 6.04 Å². The highest BCUT2D eigenvalue weighted by Crippen LogP contribution is 2.54. The van der Waals surface area contributed by atoms with Gasteiger partial charge in [-0.15, -0.1) is 0 Å². The topological polar surface area (TPSA) is 43.8 Å². The summed E-state index contributed by atoms with van der Waals surface area (Å²) in [6.07, 6.45) is 12.7. The number of amides is 1. The maximum Gasteiger partial charge on any atom is 0.249 e. The number of hydrogen-bond donors (Lipinski definition) is 1. The van der Waals surface area contributed by atoms with Crippen molar-refractivity contribution < 1.29 is 9.90 Å². The highest BCUT2D eigenvalue weighted by molar-refractivity contribution is 5.95. The van der Waals surface area contributed by atoms with Crippen LogP contribution in [0.4, 0.5) is 0 Å². The van der Waals surface area contributed by atoms with Crippen molar-refractivity contribution in [2.24, 2.45) is 11.3 Å². The van der Waals surface area contributed by atoms with E-state index >= 15 is 0 Å². The number of fused-ring (bicyclic) bond motifs is 1. The van der Waals surface area contributed by atoms with Gasteiger partial charge in [0.15, 0.2) is 0 Å². The predicted octanol–water partition coefficient (Wildman–Crippen LogP) is 4.13. The van der Waals surface area contributed by atoms with E-state index in [1.165, 1.54) is 19.4 Å². The second kappa shape index (κ2) is 7.75. The molecule has 28 heavy (non-hydrogen) atoms. The van der Waals surface area contributed by atoms with Crippen LogP contribution < -0.4 is 0 Å². The number of aliphatic hydroxyl groups is 1. The summed E-state index contributed by atoms with van der Waals surface area (Å²) in [7, 11) is 0. The normalized spacial score (nSPS) is 40.9. The van der Waals surface area contributed by atoms with E-state index in [1.807, 2.05) is 0 Å². The van der Waals surface area contributed by atoms with Gasteiger partial charge in [-0.1, -0.05) is 33.3 Å². The molecule has 158 valence electrons. The zero-order valence-corrected chi connectivity index (χ0v) is 18.3. The fourth-order valence-corrected chi connectivity index (χ4v) is 6.43. The number of unbranched alkanes of at least 4 members (excludes halogenated alkanes) is 1. The lowest BCUT2D eigenvalue weighted by Crippen LogP contribution is -2.69. The van der Waals surface area contributed by atoms with Gasteiger partial charge in [-0.25, -0.2) is 0 Å². The van der Waals surface area contributed by atoms with Crippen LogP contribution in [0.25, 0.3) is 0 Å². The summed E-state index contributed by atoms with van der Waals surface area (Å²) in [5.41, 5.74) is 0.348. The summed E-state index contributed by atoms with van der Waals surface area (Å²) in [5.74, 6) is 1.14. The molecule has 4 heteroatoms. The third kappa shape index (κ3) is 3.45. The van der Waals surface area contributed by atoms with Gasteiger partial charge in [0.1, 0.15) is 0 Å². The summed E-state index contributed by atoms with van der Waals surface area (Å²) < 4.78 is 0. The molecule has 0 spiro atoms. The Labute approximate surface area is 171 Å². The molecule has 2 aliphatic heterocycles. The Morgan fingerprint density at radius 1 is 1.18 bits per heavy atom. The van der Waals surface area contributed by atoms with Gasteiger partial charge in [0, 0.05) is 36.2 Å². The van der Waals surface area contributed by atoms with E-state index in [2.05, 4.69) is 36.6 Å². The molecule has 3 unspecified atom stereocenters. The molecule has 0 aromatic rings. The molecule has 4 nitrogen and oxygen atoms in total. The summed E-state index contributed by atoms with van der Waals surface area (Å²) in [5, 5.41) is 12.0. The smallest absolute Gasteiger partial charge is 0.249 e. The molecule has 0 aromatic carbocycles. The Morgan fingerprint density at radius 3 is 2.64 bits per heavy atom. The first-order valence-electron chi connectivity index (χ1n) is 11.9. The van der Waals surface area contributed by atoms with Crippen LogP contribution in [0.5, 0.6) is 0 Å². The average molecular weight is 389 g/mol. The summed E-state index contributed by atoms with van der Waals surface area (Å²) in [4.78, 5) is 17.7. The quantitative estimate of drug-likeness (QED) is 0.696. The van der Waals surface area contributed by atoms with E-state index in [-0.39, 0.29) is 17.4 Å². The minimum absolute atomic E-state index is 0.0766. The molecule has 1 amide bonds. The first kappa shape index (κ1) is 20.4. The van der Waals surface area contributed by atoms with Crippen LogP contribution in [0.1, 0.15) is 85.0 Å². The van der Waals surface area contributed by atoms with Gasteiger partial charge in [-0.3, -0.25) is 9.69 Å². The second-order valence-electron chi connectivity index (χ2n) is 10.3. The number of carbonyl (C=O) groups excluding carboxylic acids is 1. The Morgan fingerprint density at radius 2 is 1.96 bits per heavy atom. The van der Waals surface area contributed by atoms with Crippen molar-refractivity contribution in [3.8, 4) is 0 Å². The van der Waals surface area contributed by atoms with Crippen LogP contribution in [0.3, 0.4) is 0 Å². The molecule has 4 fully saturated rings. The molecule has 2 heterocycles. The number of likely N-dealkylation sites (tertiary alicyclic amines) is 2. The van der Waals surface area contributed by atoms with Crippen molar-refractivity contribution in [2.45, 2.75) is 103 Å². The van der Waals surface area contributed by atoms with Crippen LogP contribution in [0.2, 0.25) is 0 Å². The van der Waals surface area contributed by atoms with Crippen molar-refractivity contribution in [2.75, 3.05) is 19.6 Å². The number of piperidine rings is 1. The van der Waals surface area contributed by atoms with E-state index in [9.17, 15) is 9.90 Å². The van der Waals surface area contributed by atoms with Crippen LogP contribution in [-0.2, 0) is 4.79 Å². The van der Waals surface area contributed by atoms with Gasteiger partial charge >= 0.3 is 0 Å². The van der Waals surface area contributed by atoms with Crippen LogP contribution in [-0.4, -0.2) is 58.1 Å². The van der Waals surface area contributed by atoms with E-state index in [4.69, 9.17) is 0 Å². The second-order valence-corrected chi connectivity index (χ2v) is 10.3. The molecule has 4 atom stereocenters. The third-order valence-corrected chi connectivity index (χ3v) is 8.39. The Balaban J connectivity index is 1.48. The minimum atomic E-state index is -0.602. The molecule has 2 saturated carbocycles. The summed E-state index contributed by atoms with van der Waals surface area (Å²) >= 11 is 0. The van der Waals surface area contributed by atoms with Crippen molar-refractivity contribution >= 4 is 5.91 Å². The highest BCUT2D eigenvalue weighted by atomic mass is 16.3. The number of nitrogens with zero attached hydrogens (tertiary/aromatic N) is 2. The zero-order chi connectivity index (χ0) is 19.9. The monoisotopic (exact) mass is 388 g/mol. The van der Waals surface area contributed by atoms with Gasteiger partial charge in [-0.05, 0) is 70.3 Å².